The number of pyridine rings is 1. The van der Waals surface area contributed by atoms with Gasteiger partial charge >= 0.3 is 0 Å². The molecule has 0 amide bonds. The van der Waals surface area contributed by atoms with Gasteiger partial charge in [-0.25, -0.2) is 8.42 Å². The molecule has 6 heteroatoms. The molecule has 19 heavy (non-hydrogen) atoms. The van der Waals surface area contributed by atoms with Crippen molar-refractivity contribution >= 4 is 27.1 Å². The third-order valence-corrected chi connectivity index (χ3v) is 4.66. The minimum Gasteiger partial charge on any atom is -0.398 e. The van der Waals surface area contributed by atoms with Crippen LogP contribution in [0.1, 0.15) is 5.69 Å². The number of nitrogens with two attached hydrogens (primary N) is 1. The Morgan fingerprint density at radius 2 is 2.00 bits per heavy atom. The molecule has 2 aromatic rings. The van der Waals surface area contributed by atoms with Crippen LogP contribution in [0.15, 0.2) is 47.5 Å². The van der Waals surface area contributed by atoms with E-state index in [2.05, 4.69) is 4.98 Å². The molecular formula is C13H13ClN2O2S. The first-order chi connectivity index (χ1) is 8.99. The van der Waals surface area contributed by atoms with Gasteiger partial charge < -0.3 is 5.73 Å². The van der Waals surface area contributed by atoms with Crippen LogP contribution in [0.25, 0.3) is 0 Å². The fourth-order valence-electron chi connectivity index (χ4n) is 1.67. The maximum Gasteiger partial charge on any atom is 0.180 e. The molecular weight excluding hydrogens is 284 g/mol. The fourth-order valence-corrected chi connectivity index (χ4v) is 3.34. The van der Waals surface area contributed by atoms with Crippen molar-refractivity contribution in [3.8, 4) is 0 Å². The summed E-state index contributed by atoms with van der Waals surface area (Å²) < 4.78 is 24.4. The standard InChI is InChI=1S/C13H13ClN2O2S/c14-10-4-5-12(15)13(9-10)19(17,18)8-6-11-3-1-2-7-16-11/h1-5,7,9H,6,8,15H2. The first-order valence-corrected chi connectivity index (χ1v) is 7.70. The number of nitrogens with zero attached hydrogens (tertiary/aromatic N) is 1. The summed E-state index contributed by atoms with van der Waals surface area (Å²) in [7, 11) is -3.46. The number of hydrogen-bond acceptors (Lipinski definition) is 4. The van der Waals surface area contributed by atoms with E-state index in [9.17, 15) is 8.42 Å². The summed E-state index contributed by atoms with van der Waals surface area (Å²) in [4.78, 5) is 4.17. The van der Waals surface area contributed by atoms with Crippen LogP contribution in [0.5, 0.6) is 0 Å². The highest BCUT2D eigenvalue weighted by molar-refractivity contribution is 7.91. The van der Waals surface area contributed by atoms with Crippen molar-refractivity contribution in [3.63, 3.8) is 0 Å². The molecule has 0 saturated carbocycles. The van der Waals surface area contributed by atoms with Gasteiger partial charge in [0.1, 0.15) is 0 Å². The predicted octanol–water partition coefficient (Wildman–Crippen LogP) is 2.33. The van der Waals surface area contributed by atoms with Crippen molar-refractivity contribution in [1.29, 1.82) is 0 Å². The molecule has 2 rings (SSSR count). The van der Waals surface area contributed by atoms with E-state index in [1.807, 2.05) is 6.07 Å². The Morgan fingerprint density at radius 3 is 2.68 bits per heavy atom. The summed E-state index contributed by atoms with van der Waals surface area (Å²) in [6, 6.07) is 9.84. The zero-order chi connectivity index (χ0) is 13.9. The summed E-state index contributed by atoms with van der Waals surface area (Å²) in [5.74, 6) is -0.0471. The van der Waals surface area contributed by atoms with Crippen molar-refractivity contribution in [2.45, 2.75) is 11.3 Å². The molecule has 0 saturated heterocycles. The monoisotopic (exact) mass is 296 g/mol. The maximum absolute atomic E-state index is 12.2. The summed E-state index contributed by atoms with van der Waals surface area (Å²) >= 11 is 5.81. The van der Waals surface area contributed by atoms with E-state index in [0.717, 1.165) is 5.69 Å². The van der Waals surface area contributed by atoms with E-state index in [4.69, 9.17) is 17.3 Å². The van der Waals surface area contributed by atoms with E-state index in [1.165, 1.54) is 12.1 Å². The van der Waals surface area contributed by atoms with Crippen molar-refractivity contribution in [2.24, 2.45) is 0 Å². The molecule has 0 atom stereocenters. The zero-order valence-electron chi connectivity index (χ0n) is 10.1. The molecule has 100 valence electrons. The Morgan fingerprint density at radius 1 is 1.21 bits per heavy atom. The van der Waals surface area contributed by atoms with E-state index in [1.54, 1.807) is 24.4 Å². The van der Waals surface area contributed by atoms with E-state index in [-0.39, 0.29) is 16.3 Å². The number of anilines is 1. The SMILES string of the molecule is Nc1ccc(Cl)cc1S(=O)(=O)CCc1ccccn1. The highest BCUT2D eigenvalue weighted by Gasteiger charge is 2.18. The third-order valence-electron chi connectivity index (χ3n) is 2.66. The second kappa shape index (κ2) is 5.59. The quantitative estimate of drug-likeness (QED) is 0.879. The molecule has 1 aromatic heterocycles. The second-order valence-corrected chi connectivity index (χ2v) is 6.59. The predicted molar refractivity (Wildman–Crippen MR) is 75.9 cm³/mol. The zero-order valence-corrected chi connectivity index (χ0v) is 11.7. The van der Waals surface area contributed by atoms with Crippen molar-refractivity contribution in [1.82, 2.24) is 4.98 Å². The summed E-state index contributed by atoms with van der Waals surface area (Å²) in [5, 5.41) is 0.352. The Hall–Kier alpha value is -1.59. The minimum absolute atomic E-state index is 0.0471. The van der Waals surface area contributed by atoms with Crippen LogP contribution in [0.3, 0.4) is 0 Å². The average Bonchev–Trinajstić information content (AvgIpc) is 2.40. The third kappa shape index (κ3) is 3.45. The molecule has 0 unspecified atom stereocenters. The number of hydrogen-bond donors (Lipinski definition) is 1. The van der Waals surface area contributed by atoms with Gasteiger partial charge in [-0.3, -0.25) is 4.98 Å². The van der Waals surface area contributed by atoms with E-state index >= 15 is 0 Å². The van der Waals surface area contributed by atoms with Gasteiger partial charge in [0.25, 0.3) is 0 Å². The number of aryl methyl sites for hydroxylation is 1. The van der Waals surface area contributed by atoms with Crippen molar-refractivity contribution in [2.75, 3.05) is 11.5 Å². The van der Waals surface area contributed by atoms with E-state index in [0.29, 0.717) is 11.4 Å². The molecule has 2 N–H and O–H groups in total. The van der Waals surface area contributed by atoms with Crippen molar-refractivity contribution in [3.05, 3.63) is 53.3 Å². The number of nitrogen functional groups attached to an aromatic ring is 1. The molecule has 4 nitrogen and oxygen atoms in total. The summed E-state index contributed by atoms with van der Waals surface area (Å²) in [6.07, 6.45) is 1.98. The van der Waals surface area contributed by atoms with Crippen molar-refractivity contribution < 1.29 is 8.42 Å². The highest BCUT2D eigenvalue weighted by Crippen LogP contribution is 2.24. The van der Waals surface area contributed by atoms with Crippen LogP contribution >= 0.6 is 11.6 Å². The molecule has 0 aliphatic carbocycles. The Bertz CT molecular complexity index is 672. The summed E-state index contributed by atoms with van der Waals surface area (Å²) in [6.45, 7) is 0. The fraction of sp³-hybridized carbons (Fsp3) is 0.154. The minimum atomic E-state index is -3.46. The maximum atomic E-state index is 12.2. The van der Waals surface area contributed by atoms with Gasteiger partial charge in [-0.15, -0.1) is 0 Å². The second-order valence-electron chi connectivity index (χ2n) is 4.07. The largest absolute Gasteiger partial charge is 0.398 e. The first kappa shape index (κ1) is 13.8. The average molecular weight is 297 g/mol. The van der Waals surface area contributed by atoms with Gasteiger partial charge in [0.05, 0.1) is 16.3 Å². The van der Waals surface area contributed by atoms with Gasteiger partial charge in [-0.05, 0) is 30.3 Å². The first-order valence-electron chi connectivity index (χ1n) is 5.67. The lowest BCUT2D eigenvalue weighted by molar-refractivity contribution is 0.595. The Kier molecular flexibility index (Phi) is 4.07. The van der Waals surface area contributed by atoms with Crippen LogP contribution < -0.4 is 5.73 Å². The molecule has 1 heterocycles. The number of aromatic nitrogens is 1. The molecule has 0 bridgehead atoms. The van der Waals surface area contributed by atoms with Crippen LogP contribution in [0, 0.1) is 0 Å². The van der Waals surface area contributed by atoms with Gasteiger partial charge in [0.15, 0.2) is 9.84 Å². The molecule has 0 fully saturated rings. The molecule has 0 radical (unpaired) electrons. The van der Waals surface area contributed by atoms with Crippen LogP contribution in [0.4, 0.5) is 5.69 Å². The molecule has 0 aliphatic rings. The topological polar surface area (TPSA) is 73.1 Å². The lowest BCUT2D eigenvalue weighted by Crippen LogP contribution is -2.12. The lowest BCUT2D eigenvalue weighted by Gasteiger charge is -2.07. The summed E-state index contributed by atoms with van der Waals surface area (Å²) in [5.41, 5.74) is 6.63. The molecule has 0 aliphatic heterocycles. The smallest absolute Gasteiger partial charge is 0.180 e. The van der Waals surface area contributed by atoms with Crippen LogP contribution in [-0.4, -0.2) is 19.2 Å². The number of sulfone groups is 1. The number of halogens is 1. The number of benzene rings is 1. The van der Waals surface area contributed by atoms with Gasteiger partial charge in [0.2, 0.25) is 0 Å². The Balaban J connectivity index is 2.21. The normalized spacial score (nSPS) is 11.4. The lowest BCUT2D eigenvalue weighted by atomic mass is 10.3. The van der Waals surface area contributed by atoms with E-state index < -0.39 is 9.84 Å². The molecule has 1 aromatic carbocycles. The van der Waals surface area contributed by atoms with Gasteiger partial charge in [-0.2, -0.15) is 0 Å². The number of rotatable bonds is 4. The van der Waals surface area contributed by atoms with Crippen LogP contribution in [-0.2, 0) is 16.3 Å². The van der Waals surface area contributed by atoms with Crippen LogP contribution in [0.2, 0.25) is 5.02 Å². The van der Waals surface area contributed by atoms with Gasteiger partial charge in [-0.1, -0.05) is 17.7 Å². The Labute approximate surface area is 117 Å². The molecule has 0 spiro atoms. The van der Waals surface area contributed by atoms with Gasteiger partial charge in [0, 0.05) is 23.3 Å². The highest BCUT2D eigenvalue weighted by atomic mass is 35.5.